The number of aryl methyl sites for hydroxylation is 1. The van der Waals surface area contributed by atoms with E-state index in [1.807, 2.05) is 6.92 Å². The zero-order valence-corrected chi connectivity index (χ0v) is 9.08. The van der Waals surface area contributed by atoms with Crippen LogP contribution < -0.4 is 0 Å². The van der Waals surface area contributed by atoms with Crippen molar-refractivity contribution in [1.82, 2.24) is 0 Å². The Morgan fingerprint density at radius 1 is 1.29 bits per heavy atom. The number of aliphatic hydroxyl groups is 1. The van der Waals surface area contributed by atoms with E-state index in [0.717, 1.165) is 5.56 Å². The molecule has 78 valence electrons. The molecule has 0 spiro atoms. The molecule has 1 unspecified atom stereocenters. The molecule has 1 atom stereocenters. The van der Waals surface area contributed by atoms with Crippen LogP contribution in [0.2, 0.25) is 0 Å². The van der Waals surface area contributed by atoms with Gasteiger partial charge in [0.1, 0.15) is 0 Å². The first-order valence-corrected chi connectivity index (χ1v) is 4.85. The molecule has 0 fully saturated rings. The van der Waals surface area contributed by atoms with Gasteiger partial charge in [0.15, 0.2) is 0 Å². The van der Waals surface area contributed by atoms with Crippen molar-refractivity contribution in [2.75, 3.05) is 13.7 Å². The zero-order valence-electron chi connectivity index (χ0n) is 9.08. The van der Waals surface area contributed by atoms with E-state index in [9.17, 15) is 0 Å². The smallest absolute Gasteiger partial charge is 0.0921 e. The summed E-state index contributed by atoms with van der Waals surface area (Å²) < 4.78 is 5.44. The van der Waals surface area contributed by atoms with Crippen LogP contribution in [0.4, 0.5) is 0 Å². The molecule has 0 saturated heterocycles. The molecule has 1 aromatic rings. The van der Waals surface area contributed by atoms with Crippen LogP contribution in [0, 0.1) is 6.92 Å². The quantitative estimate of drug-likeness (QED) is 0.796. The summed E-state index contributed by atoms with van der Waals surface area (Å²) in [6, 6.07) is 8.22. The molecule has 1 aromatic carbocycles. The van der Waals surface area contributed by atoms with E-state index in [0.29, 0.717) is 6.42 Å². The molecular weight excluding hydrogens is 176 g/mol. The number of methoxy groups -OCH3 is 1. The Hall–Kier alpha value is -0.860. The summed E-state index contributed by atoms with van der Waals surface area (Å²) in [7, 11) is 1.68. The van der Waals surface area contributed by atoms with Crippen molar-refractivity contribution in [2.45, 2.75) is 25.9 Å². The lowest BCUT2D eigenvalue weighted by atomic mass is 9.92. The van der Waals surface area contributed by atoms with Gasteiger partial charge in [-0.1, -0.05) is 29.8 Å². The highest BCUT2D eigenvalue weighted by atomic mass is 16.5. The summed E-state index contributed by atoms with van der Waals surface area (Å²) in [4.78, 5) is 0. The molecular formula is C12H18O2. The van der Waals surface area contributed by atoms with Gasteiger partial charge in [-0.15, -0.1) is 0 Å². The fourth-order valence-electron chi connectivity index (χ4n) is 1.48. The molecule has 1 rings (SSSR count). The number of hydrogen-bond donors (Lipinski definition) is 1. The Kier molecular flexibility index (Phi) is 3.67. The number of aliphatic hydroxyl groups excluding tert-OH is 1. The Balaban J connectivity index is 2.94. The first-order chi connectivity index (χ1) is 6.62. The molecule has 0 radical (unpaired) electrons. The summed E-state index contributed by atoms with van der Waals surface area (Å²) in [6.07, 6.45) is 0.618. The van der Waals surface area contributed by atoms with Crippen molar-refractivity contribution in [1.29, 1.82) is 0 Å². The molecule has 0 aromatic heterocycles. The highest BCUT2D eigenvalue weighted by Crippen LogP contribution is 2.28. The summed E-state index contributed by atoms with van der Waals surface area (Å²) in [6.45, 7) is 4.19. The molecule has 1 N–H and O–H groups in total. The topological polar surface area (TPSA) is 29.5 Å². The van der Waals surface area contributed by atoms with Crippen LogP contribution in [0.1, 0.15) is 24.5 Å². The van der Waals surface area contributed by atoms with E-state index < -0.39 is 0 Å². The molecule has 14 heavy (non-hydrogen) atoms. The van der Waals surface area contributed by atoms with E-state index in [1.54, 1.807) is 7.11 Å². The second-order valence-electron chi connectivity index (χ2n) is 3.77. The normalized spacial score (nSPS) is 15.1. The maximum Gasteiger partial charge on any atom is 0.0921 e. The average molecular weight is 194 g/mol. The number of benzene rings is 1. The van der Waals surface area contributed by atoms with Gasteiger partial charge in [-0.05, 0) is 19.4 Å². The van der Waals surface area contributed by atoms with Crippen LogP contribution in [-0.4, -0.2) is 18.8 Å². The third-order valence-electron chi connectivity index (χ3n) is 2.70. The third kappa shape index (κ3) is 2.34. The van der Waals surface area contributed by atoms with Crippen LogP contribution in [0.3, 0.4) is 0 Å². The summed E-state index contributed by atoms with van der Waals surface area (Å²) in [5.74, 6) is 0. The second-order valence-corrected chi connectivity index (χ2v) is 3.77. The van der Waals surface area contributed by atoms with E-state index in [1.165, 1.54) is 5.56 Å². The van der Waals surface area contributed by atoms with E-state index in [4.69, 9.17) is 9.84 Å². The van der Waals surface area contributed by atoms with Crippen LogP contribution in [0.5, 0.6) is 0 Å². The molecule has 0 aliphatic heterocycles. The molecule has 0 bridgehead atoms. The maximum absolute atomic E-state index is 8.97. The van der Waals surface area contributed by atoms with E-state index in [2.05, 4.69) is 31.2 Å². The Morgan fingerprint density at radius 2 is 1.86 bits per heavy atom. The van der Waals surface area contributed by atoms with Crippen LogP contribution in [0.25, 0.3) is 0 Å². The Bertz CT molecular complexity index is 279. The fourth-order valence-corrected chi connectivity index (χ4v) is 1.48. The van der Waals surface area contributed by atoms with Gasteiger partial charge in [0, 0.05) is 20.1 Å². The minimum absolute atomic E-state index is 0.137. The highest BCUT2D eigenvalue weighted by molar-refractivity contribution is 5.26. The molecule has 0 aliphatic carbocycles. The Labute approximate surface area is 85.5 Å². The minimum atomic E-state index is -0.373. The molecule has 2 heteroatoms. The van der Waals surface area contributed by atoms with Crippen LogP contribution in [-0.2, 0) is 10.3 Å². The number of ether oxygens (including phenoxy) is 1. The summed E-state index contributed by atoms with van der Waals surface area (Å²) in [5, 5.41) is 8.97. The fraction of sp³-hybridized carbons (Fsp3) is 0.500. The van der Waals surface area contributed by atoms with Crippen LogP contribution >= 0.6 is 0 Å². The summed E-state index contributed by atoms with van der Waals surface area (Å²) >= 11 is 0. The Morgan fingerprint density at radius 3 is 2.29 bits per heavy atom. The largest absolute Gasteiger partial charge is 0.396 e. The number of hydrogen-bond acceptors (Lipinski definition) is 2. The predicted molar refractivity (Wildman–Crippen MR) is 57.2 cm³/mol. The van der Waals surface area contributed by atoms with Crippen molar-refractivity contribution in [3.05, 3.63) is 35.4 Å². The lowest BCUT2D eigenvalue weighted by molar-refractivity contribution is -0.0173. The molecule has 0 aliphatic rings. The second kappa shape index (κ2) is 4.58. The van der Waals surface area contributed by atoms with Crippen molar-refractivity contribution in [3.8, 4) is 0 Å². The van der Waals surface area contributed by atoms with Crippen molar-refractivity contribution in [3.63, 3.8) is 0 Å². The summed E-state index contributed by atoms with van der Waals surface area (Å²) in [5.41, 5.74) is 1.97. The maximum atomic E-state index is 8.97. The van der Waals surface area contributed by atoms with Crippen molar-refractivity contribution < 1.29 is 9.84 Å². The van der Waals surface area contributed by atoms with E-state index in [-0.39, 0.29) is 12.2 Å². The van der Waals surface area contributed by atoms with Gasteiger partial charge in [-0.2, -0.15) is 0 Å². The lowest BCUT2D eigenvalue weighted by Crippen LogP contribution is -2.25. The van der Waals surface area contributed by atoms with Crippen LogP contribution in [0.15, 0.2) is 24.3 Å². The van der Waals surface area contributed by atoms with Crippen molar-refractivity contribution >= 4 is 0 Å². The first-order valence-electron chi connectivity index (χ1n) is 4.85. The van der Waals surface area contributed by atoms with Gasteiger partial charge < -0.3 is 9.84 Å². The van der Waals surface area contributed by atoms with E-state index >= 15 is 0 Å². The van der Waals surface area contributed by atoms with Crippen molar-refractivity contribution in [2.24, 2.45) is 0 Å². The highest BCUT2D eigenvalue weighted by Gasteiger charge is 2.24. The first kappa shape index (κ1) is 11.2. The van der Waals surface area contributed by atoms with Gasteiger partial charge >= 0.3 is 0 Å². The molecule has 0 heterocycles. The minimum Gasteiger partial charge on any atom is -0.396 e. The lowest BCUT2D eigenvalue weighted by Gasteiger charge is -2.28. The van der Waals surface area contributed by atoms with Gasteiger partial charge in [0.2, 0.25) is 0 Å². The monoisotopic (exact) mass is 194 g/mol. The predicted octanol–water partition coefficient (Wildman–Crippen LogP) is 2.24. The van der Waals surface area contributed by atoms with Gasteiger partial charge in [-0.3, -0.25) is 0 Å². The van der Waals surface area contributed by atoms with Gasteiger partial charge in [0.25, 0.3) is 0 Å². The third-order valence-corrected chi connectivity index (χ3v) is 2.70. The van der Waals surface area contributed by atoms with Gasteiger partial charge in [0.05, 0.1) is 5.60 Å². The molecule has 2 nitrogen and oxygen atoms in total. The standard InChI is InChI=1S/C12H18O2/c1-10-4-6-11(7-5-10)12(2,14-3)8-9-13/h4-7,13H,8-9H2,1-3H3. The number of rotatable bonds is 4. The average Bonchev–Trinajstić information content (AvgIpc) is 2.19. The zero-order chi connectivity index (χ0) is 10.6. The SMILES string of the molecule is COC(C)(CCO)c1ccc(C)cc1. The van der Waals surface area contributed by atoms with Gasteiger partial charge in [-0.25, -0.2) is 0 Å². The molecule has 0 amide bonds. The molecule has 0 saturated carbocycles.